The van der Waals surface area contributed by atoms with Gasteiger partial charge in [-0.05, 0) is 0 Å². The molecular formula is C6H2Cl4F6. The first kappa shape index (κ1) is 16.5. The van der Waals surface area contributed by atoms with Gasteiger partial charge in [-0.2, -0.15) is 8.78 Å². The van der Waals surface area contributed by atoms with Gasteiger partial charge in [0.1, 0.15) is 5.03 Å². The molecule has 0 radical (unpaired) electrons. The largest absolute Gasteiger partial charge is 0.305 e. The monoisotopic (exact) mass is 328 g/mol. The van der Waals surface area contributed by atoms with Crippen molar-refractivity contribution in [1.82, 2.24) is 0 Å². The zero-order valence-electron chi connectivity index (χ0n) is 6.93. The minimum Gasteiger partial charge on any atom is -0.234 e. The van der Waals surface area contributed by atoms with Crippen LogP contribution < -0.4 is 0 Å². The predicted molar refractivity (Wildman–Crippen MR) is 50.1 cm³/mol. The van der Waals surface area contributed by atoms with Crippen LogP contribution in [-0.2, 0) is 0 Å². The van der Waals surface area contributed by atoms with Crippen molar-refractivity contribution in [3.8, 4) is 0 Å². The lowest BCUT2D eigenvalue weighted by Crippen LogP contribution is -2.46. The predicted octanol–water partition coefficient (Wildman–Crippen LogP) is 5.02. The van der Waals surface area contributed by atoms with E-state index in [4.69, 9.17) is 11.6 Å². The highest BCUT2D eigenvalue weighted by atomic mass is 35.5. The molecule has 16 heavy (non-hydrogen) atoms. The van der Waals surface area contributed by atoms with Gasteiger partial charge in [0.2, 0.25) is 6.17 Å². The molecule has 96 valence electrons. The fraction of sp³-hybridized carbons (Fsp3) is 0.667. The molecule has 0 rings (SSSR count). The molecule has 0 heterocycles. The topological polar surface area (TPSA) is 0 Å². The average molecular weight is 330 g/mol. The van der Waals surface area contributed by atoms with Gasteiger partial charge in [-0.3, -0.25) is 0 Å². The molecule has 0 bridgehead atoms. The van der Waals surface area contributed by atoms with Gasteiger partial charge in [0.25, 0.3) is 10.7 Å². The molecule has 0 saturated carbocycles. The Kier molecular flexibility index (Phi) is 5.58. The van der Waals surface area contributed by atoms with Crippen LogP contribution >= 0.6 is 46.4 Å². The molecule has 2 atom stereocenters. The molecule has 0 amide bonds. The van der Waals surface area contributed by atoms with Crippen molar-refractivity contribution in [2.24, 2.45) is 0 Å². The Bertz CT molecular complexity index is 281. The van der Waals surface area contributed by atoms with Crippen molar-refractivity contribution >= 4 is 46.4 Å². The normalized spacial score (nSPS) is 16.9. The van der Waals surface area contributed by atoms with Gasteiger partial charge < -0.3 is 0 Å². The Labute approximate surface area is 106 Å². The van der Waals surface area contributed by atoms with Crippen LogP contribution in [0, 0.1) is 0 Å². The summed E-state index contributed by atoms with van der Waals surface area (Å²) in [6.07, 6.45) is -6.60. The van der Waals surface area contributed by atoms with Crippen LogP contribution in [0.15, 0.2) is 11.1 Å². The summed E-state index contributed by atoms with van der Waals surface area (Å²) in [4.78, 5) is 0. The zero-order valence-corrected chi connectivity index (χ0v) is 9.96. The van der Waals surface area contributed by atoms with Crippen molar-refractivity contribution in [3.05, 3.63) is 11.1 Å². The maximum Gasteiger partial charge on any atom is 0.305 e. The van der Waals surface area contributed by atoms with Gasteiger partial charge in [0.05, 0.1) is 0 Å². The number of alkyl halides is 7. The summed E-state index contributed by atoms with van der Waals surface area (Å²) in [5, 5.41) is -5.18. The van der Waals surface area contributed by atoms with E-state index < -0.39 is 33.2 Å². The van der Waals surface area contributed by atoms with E-state index in [9.17, 15) is 26.3 Å². The maximum absolute atomic E-state index is 12.9. The highest BCUT2D eigenvalue weighted by Gasteiger charge is 2.58. The van der Waals surface area contributed by atoms with E-state index in [0.29, 0.717) is 0 Å². The smallest absolute Gasteiger partial charge is 0.234 e. The number of hydrogen-bond donors (Lipinski definition) is 0. The Morgan fingerprint density at radius 2 is 1.44 bits per heavy atom. The highest BCUT2D eigenvalue weighted by Crippen LogP contribution is 2.45. The van der Waals surface area contributed by atoms with Gasteiger partial charge in [-0.1, -0.05) is 34.8 Å². The van der Waals surface area contributed by atoms with Crippen molar-refractivity contribution < 1.29 is 26.3 Å². The van der Waals surface area contributed by atoms with Crippen LogP contribution in [0.1, 0.15) is 0 Å². The quantitative estimate of drug-likeness (QED) is 0.502. The van der Waals surface area contributed by atoms with E-state index in [1.165, 1.54) is 0 Å². The van der Waals surface area contributed by atoms with Gasteiger partial charge >= 0.3 is 5.92 Å². The van der Waals surface area contributed by atoms with E-state index >= 15 is 0 Å². The van der Waals surface area contributed by atoms with Crippen molar-refractivity contribution in [2.75, 3.05) is 0 Å². The number of halogens is 10. The first-order valence-electron chi connectivity index (χ1n) is 3.35. The first-order chi connectivity index (χ1) is 6.92. The van der Waals surface area contributed by atoms with Gasteiger partial charge in [-0.15, -0.1) is 11.6 Å². The zero-order chi connectivity index (χ0) is 13.3. The molecule has 0 fully saturated rings. The van der Waals surface area contributed by atoms with Crippen LogP contribution in [0.4, 0.5) is 26.3 Å². The minimum atomic E-state index is -4.81. The summed E-state index contributed by atoms with van der Waals surface area (Å²) in [5.74, 6) is -4.81. The number of rotatable bonds is 4. The van der Waals surface area contributed by atoms with Crippen LogP contribution in [0.25, 0.3) is 0 Å². The molecule has 0 spiro atoms. The fourth-order valence-corrected chi connectivity index (χ4v) is 1.16. The summed E-state index contributed by atoms with van der Waals surface area (Å²) >= 11 is 18.4. The summed E-state index contributed by atoms with van der Waals surface area (Å²) in [7, 11) is 0. The second kappa shape index (κ2) is 5.42. The van der Waals surface area contributed by atoms with E-state index in [-0.39, 0.29) is 0 Å². The van der Waals surface area contributed by atoms with Gasteiger partial charge in [-0.25, -0.2) is 17.6 Å². The number of allylic oxidation sites excluding steroid dienone is 1. The Morgan fingerprint density at radius 1 is 1.06 bits per heavy atom. The van der Waals surface area contributed by atoms with Crippen LogP contribution in [0.2, 0.25) is 0 Å². The van der Waals surface area contributed by atoms with E-state index in [1.54, 1.807) is 0 Å². The third kappa shape index (κ3) is 3.75. The molecule has 0 aromatic rings. The molecule has 0 N–H and O–H groups in total. The molecule has 0 aliphatic rings. The van der Waals surface area contributed by atoms with Crippen LogP contribution in [0.3, 0.4) is 0 Å². The molecule has 10 heteroatoms. The fourth-order valence-electron chi connectivity index (χ4n) is 0.611. The highest BCUT2D eigenvalue weighted by molar-refractivity contribution is 6.51. The Balaban J connectivity index is 5.15. The van der Waals surface area contributed by atoms with E-state index in [1.807, 2.05) is 0 Å². The summed E-state index contributed by atoms with van der Waals surface area (Å²) in [6.45, 7) is 0. The summed E-state index contributed by atoms with van der Waals surface area (Å²) in [5.41, 5.74) is 0. The second-order valence-corrected chi connectivity index (χ2v) is 4.69. The molecule has 0 aliphatic heterocycles. The second-order valence-electron chi connectivity index (χ2n) is 2.55. The van der Waals surface area contributed by atoms with Gasteiger partial charge in [0.15, 0.2) is 5.38 Å². The molecule has 0 saturated heterocycles. The average Bonchev–Trinajstić information content (AvgIpc) is 2.12. The standard InChI is InChI=1S/C6H2Cl4F6/c7-1(3(12)13)2(11)5(14,15)4(8)6(9,10)16/h2,4H. The van der Waals surface area contributed by atoms with E-state index in [2.05, 4.69) is 34.8 Å². The summed E-state index contributed by atoms with van der Waals surface area (Å²) < 4.78 is 71.1. The molecule has 0 nitrogen and oxygen atoms in total. The molecular weight excluding hydrogens is 328 g/mol. The van der Waals surface area contributed by atoms with Crippen LogP contribution in [-0.4, -0.2) is 22.1 Å². The van der Waals surface area contributed by atoms with E-state index in [0.717, 1.165) is 0 Å². The third-order valence-electron chi connectivity index (χ3n) is 1.37. The SMILES string of the molecule is FC(F)=C(Cl)C(F)C(F)(F)C(Cl)C(F)(Cl)Cl. The minimum absolute atomic E-state index is 2.09. The van der Waals surface area contributed by atoms with Crippen molar-refractivity contribution in [3.63, 3.8) is 0 Å². The third-order valence-corrected chi connectivity index (χ3v) is 2.95. The lowest BCUT2D eigenvalue weighted by Gasteiger charge is -2.27. The molecule has 0 aromatic heterocycles. The van der Waals surface area contributed by atoms with Gasteiger partial charge in [0, 0.05) is 0 Å². The molecule has 0 aliphatic carbocycles. The van der Waals surface area contributed by atoms with Crippen molar-refractivity contribution in [1.29, 1.82) is 0 Å². The Morgan fingerprint density at radius 3 is 1.69 bits per heavy atom. The first-order valence-corrected chi connectivity index (χ1v) is 4.92. The molecule has 2 unspecified atom stereocenters. The Hall–Kier alpha value is 0.480. The van der Waals surface area contributed by atoms with Crippen molar-refractivity contribution in [2.45, 2.75) is 22.1 Å². The molecule has 0 aromatic carbocycles. The lowest BCUT2D eigenvalue weighted by molar-refractivity contribution is -0.0702. The summed E-state index contributed by atoms with van der Waals surface area (Å²) in [6, 6.07) is 0. The maximum atomic E-state index is 12.9. The lowest BCUT2D eigenvalue weighted by atomic mass is 10.1. The number of hydrogen-bond acceptors (Lipinski definition) is 0. The van der Waals surface area contributed by atoms with Crippen LogP contribution in [0.5, 0.6) is 0 Å².